The number of carbonyl (C=O) groups is 2. The number of aryl methyl sites for hydroxylation is 2. The molecular formula is C18H16N2O2. The second-order valence-electron chi connectivity index (χ2n) is 5.39. The molecule has 4 nitrogen and oxygen atoms in total. The van der Waals surface area contributed by atoms with Gasteiger partial charge in [0.1, 0.15) is 5.57 Å². The molecule has 3 rings (SSSR count). The number of hydrazine groups is 1. The Morgan fingerprint density at radius 3 is 2.36 bits per heavy atom. The molecule has 2 amide bonds. The van der Waals surface area contributed by atoms with E-state index in [4.69, 9.17) is 0 Å². The maximum Gasteiger partial charge on any atom is 0.282 e. The minimum Gasteiger partial charge on any atom is -0.267 e. The summed E-state index contributed by atoms with van der Waals surface area (Å²) in [5.74, 6) is -0.719. The predicted molar refractivity (Wildman–Crippen MR) is 86.0 cm³/mol. The van der Waals surface area contributed by atoms with Gasteiger partial charge in [-0.1, -0.05) is 42.0 Å². The Morgan fingerprint density at radius 2 is 1.68 bits per heavy atom. The standard InChI is InChI=1S/C18H16N2O2/c1-12-6-8-14(9-7-12)11-16-17(21)19-20(18(16)22)15-5-3-4-13(2)10-15/h3-11H,1-2H3,(H,19,21)/b16-11-. The van der Waals surface area contributed by atoms with Crippen LogP contribution in [0.3, 0.4) is 0 Å². The van der Waals surface area contributed by atoms with Crippen molar-refractivity contribution in [1.29, 1.82) is 0 Å². The molecule has 0 radical (unpaired) electrons. The fourth-order valence-electron chi connectivity index (χ4n) is 2.34. The van der Waals surface area contributed by atoms with Gasteiger partial charge in [0.05, 0.1) is 5.69 Å². The molecule has 1 aliphatic rings. The van der Waals surface area contributed by atoms with Crippen molar-refractivity contribution in [3.63, 3.8) is 0 Å². The number of nitrogens with one attached hydrogen (secondary N) is 1. The van der Waals surface area contributed by atoms with E-state index in [-0.39, 0.29) is 17.4 Å². The van der Waals surface area contributed by atoms with Gasteiger partial charge in [0, 0.05) is 0 Å². The van der Waals surface area contributed by atoms with Crippen molar-refractivity contribution in [1.82, 2.24) is 5.43 Å². The molecule has 0 saturated carbocycles. The number of carbonyl (C=O) groups excluding carboxylic acids is 2. The summed E-state index contributed by atoms with van der Waals surface area (Å²) in [7, 11) is 0. The Hall–Kier alpha value is -2.88. The molecule has 110 valence electrons. The van der Waals surface area contributed by atoms with Crippen LogP contribution in [0.1, 0.15) is 16.7 Å². The summed E-state index contributed by atoms with van der Waals surface area (Å²) in [5.41, 5.74) is 6.39. The number of hydrogen-bond acceptors (Lipinski definition) is 2. The summed E-state index contributed by atoms with van der Waals surface area (Å²) in [4.78, 5) is 24.6. The first kappa shape index (κ1) is 14.1. The first-order chi connectivity index (χ1) is 10.5. The molecule has 2 aromatic carbocycles. The number of benzene rings is 2. The molecule has 22 heavy (non-hydrogen) atoms. The van der Waals surface area contributed by atoms with E-state index < -0.39 is 0 Å². The van der Waals surface area contributed by atoms with Crippen LogP contribution in [-0.2, 0) is 9.59 Å². The SMILES string of the molecule is Cc1ccc(/C=C2/C(=O)NN(c3cccc(C)c3)C2=O)cc1. The Bertz CT molecular complexity index is 776. The zero-order valence-electron chi connectivity index (χ0n) is 12.5. The van der Waals surface area contributed by atoms with E-state index in [9.17, 15) is 9.59 Å². The maximum atomic E-state index is 12.5. The molecule has 0 unspecified atom stereocenters. The molecule has 1 heterocycles. The van der Waals surface area contributed by atoms with Crippen LogP contribution < -0.4 is 10.4 Å². The average Bonchev–Trinajstić information content (AvgIpc) is 2.77. The molecule has 1 saturated heterocycles. The average molecular weight is 292 g/mol. The van der Waals surface area contributed by atoms with Crippen LogP contribution in [-0.4, -0.2) is 11.8 Å². The zero-order valence-corrected chi connectivity index (χ0v) is 12.5. The van der Waals surface area contributed by atoms with E-state index in [1.807, 2.05) is 56.3 Å². The Kier molecular flexibility index (Phi) is 3.51. The Balaban J connectivity index is 1.93. The normalized spacial score (nSPS) is 16.3. The largest absolute Gasteiger partial charge is 0.282 e. The van der Waals surface area contributed by atoms with Gasteiger partial charge in [-0.3, -0.25) is 15.0 Å². The number of hydrogen-bond donors (Lipinski definition) is 1. The fourth-order valence-corrected chi connectivity index (χ4v) is 2.34. The summed E-state index contributed by atoms with van der Waals surface area (Å²) >= 11 is 0. The van der Waals surface area contributed by atoms with E-state index in [0.717, 1.165) is 16.7 Å². The molecule has 0 aliphatic carbocycles. The maximum absolute atomic E-state index is 12.5. The van der Waals surface area contributed by atoms with Crippen molar-refractivity contribution in [2.24, 2.45) is 0 Å². The molecular weight excluding hydrogens is 276 g/mol. The van der Waals surface area contributed by atoms with Gasteiger partial charge in [-0.25, -0.2) is 5.01 Å². The number of anilines is 1. The third-order valence-electron chi connectivity index (χ3n) is 3.54. The van der Waals surface area contributed by atoms with Crippen molar-refractivity contribution in [3.8, 4) is 0 Å². The lowest BCUT2D eigenvalue weighted by Crippen LogP contribution is -2.35. The van der Waals surface area contributed by atoms with E-state index in [0.29, 0.717) is 5.69 Å². The van der Waals surface area contributed by atoms with Gasteiger partial charge >= 0.3 is 0 Å². The molecule has 4 heteroatoms. The third-order valence-corrected chi connectivity index (χ3v) is 3.54. The van der Waals surface area contributed by atoms with Gasteiger partial charge < -0.3 is 0 Å². The fraction of sp³-hybridized carbons (Fsp3) is 0.111. The summed E-state index contributed by atoms with van der Waals surface area (Å²) in [6, 6.07) is 15.1. The van der Waals surface area contributed by atoms with Gasteiger partial charge in [0.2, 0.25) is 0 Å². The summed E-state index contributed by atoms with van der Waals surface area (Å²) in [6.45, 7) is 3.93. The van der Waals surface area contributed by atoms with Crippen LogP contribution in [0, 0.1) is 13.8 Å². The van der Waals surface area contributed by atoms with Crippen LogP contribution >= 0.6 is 0 Å². The predicted octanol–water partition coefficient (Wildman–Crippen LogP) is 2.76. The second-order valence-corrected chi connectivity index (χ2v) is 5.39. The molecule has 0 atom stereocenters. The van der Waals surface area contributed by atoms with Gasteiger partial charge in [0.15, 0.2) is 0 Å². The Morgan fingerprint density at radius 1 is 0.955 bits per heavy atom. The first-order valence-corrected chi connectivity index (χ1v) is 7.05. The topological polar surface area (TPSA) is 49.4 Å². The Labute approximate surface area is 129 Å². The molecule has 2 aromatic rings. The summed E-state index contributed by atoms with van der Waals surface area (Å²) in [6.07, 6.45) is 1.62. The van der Waals surface area contributed by atoms with Crippen LogP contribution in [0.2, 0.25) is 0 Å². The van der Waals surface area contributed by atoms with Gasteiger partial charge in [-0.15, -0.1) is 0 Å². The first-order valence-electron chi connectivity index (χ1n) is 7.05. The third kappa shape index (κ3) is 2.63. The van der Waals surface area contributed by atoms with Gasteiger partial charge in [-0.2, -0.15) is 0 Å². The second kappa shape index (κ2) is 5.48. The molecule has 0 spiro atoms. The van der Waals surface area contributed by atoms with Crippen LogP contribution in [0.5, 0.6) is 0 Å². The van der Waals surface area contributed by atoms with Crippen molar-refractivity contribution in [2.45, 2.75) is 13.8 Å². The van der Waals surface area contributed by atoms with Crippen molar-refractivity contribution in [3.05, 3.63) is 70.8 Å². The number of rotatable bonds is 2. The highest BCUT2D eigenvalue weighted by Gasteiger charge is 2.34. The number of nitrogens with zero attached hydrogens (tertiary/aromatic N) is 1. The number of amides is 2. The van der Waals surface area contributed by atoms with Gasteiger partial charge in [-0.05, 0) is 43.2 Å². The van der Waals surface area contributed by atoms with Crippen LogP contribution in [0.25, 0.3) is 6.08 Å². The molecule has 0 bridgehead atoms. The van der Waals surface area contributed by atoms with Crippen molar-refractivity contribution < 1.29 is 9.59 Å². The molecule has 1 aliphatic heterocycles. The quantitative estimate of drug-likeness (QED) is 0.683. The highest BCUT2D eigenvalue weighted by atomic mass is 16.2. The monoisotopic (exact) mass is 292 g/mol. The van der Waals surface area contributed by atoms with E-state index >= 15 is 0 Å². The highest BCUT2D eigenvalue weighted by molar-refractivity contribution is 6.31. The molecule has 1 fully saturated rings. The van der Waals surface area contributed by atoms with Crippen LogP contribution in [0.15, 0.2) is 54.1 Å². The summed E-state index contributed by atoms with van der Waals surface area (Å²) in [5, 5.41) is 1.29. The lowest BCUT2D eigenvalue weighted by Gasteiger charge is -2.14. The molecule has 0 aromatic heterocycles. The summed E-state index contributed by atoms with van der Waals surface area (Å²) < 4.78 is 0. The minimum absolute atomic E-state index is 0.144. The molecule has 1 N–H and O–H groups in total. The van der Waals surface area contributed by atoms with Crippen LogP contribution in [0.4, 0.5) is 5.69 Å². The lowest BCUT2D eigenvalue weighted by molar-refractivity contribution is -0.117. The minimum atomic E-state index is -0.382. The van der Waals surface area contributed by atoms with Gasteiger partial charge in [0.25, 0.3) is 11.8 Å². The smallest absolute Gasteiger partial charge is 0.267 e. The lowest BCUT2D eigenvalue weighted by atomic mass is 10.1. The zero-order chi connectivity index (χ0) is 15.7. The van der Waals surface area contributed by atoms with E-state index in [2.05, 4.69) is 5.43 Å². The van der Waals surface area contributed by atoms with E-state index in [1.54, 1.807) is 12.1 Å². The van der Waals surface area contributed by atoms with E-state index in [1.165, 1.54) is 5.01 Å². The highest BCUT2D eigenvalue weighted by Crippen LogP contribution is 2.22. The van der Waals surface area contributed by atoms with Crippen molar-refractivity contribution in [2.75, 3.05) is 5.01 Å². The van der Waals surface area contributed by atoms with Crippen molar-refractivity contribution >= 4 is 23.6 Å².